The van der Waals surface area contributed by atoms with Crippen molar-refractivity contribution in [2.24, 2.45) is 0 Å². The van der Waals surface area contributed by atoms with E-state index in [0.717, 1.165) is 6.54 Å². The second-order valence-corrected chi connectivity index (χ2v) is 3.99. The lowest BCUT2D eigenvalue weighted by Crippen LogP contribution is -2.25. The third kappa shape index (κ3) is 3.80. The second-order valence-electron chi connectivity index (χ2n) is 3.99. The highest BCUT2D eigenvalue weighted by molar-refractivity contribution is 5.85. The van der Waals surface area contributed by atoms with Gasteiger partial charge >= 0.3 is 0 Å². The Morgan fingerprint density at radius 1 is 1.13 bits per heavy atom. The van der Waals surface area contributed by atoms with E-state index in [4.69, 9.17) is 0 Å². The molecule has 1 N–H and O–H groups in total. The van der Waals surface area contributed by atoms with Crippen LogP contribution in [0.3, 0.4) is 0 Å². The van der Waals surface area contributed by atoms with Crippen molar-refractivity contribution in [3.63, 3.8) is 0 Å². The Balaban J connectivity index is 0.00000112. The third-order valence-corrected chi connectivity index (χ3v) is 2.86. The predicted molar refractivity (Wildman–Crippen MR) is 62.7 cm³/mol. The first-order chi connectivity index (χ1) is 6.84. The predicted octanol–water partition coefficient (Wildman–Crippen LogP) is 3.28. The highest BCUT2D eigenvalue weighted by Gasteiger charge is 2.13. The van der Waals surface area contributed by atoms with Gasteiger partial charge in [0, 0.05) is 12.6 Å². The maximum atomic E-state index is 12.6. The molecule has 3 heteroatoms. The van der Waals surface area contributed by atoms with E-state index in [1.807, 2.05) is 12.1 Å². The van der Waals surface area contributed by atoms with Gasteiger partial charge < -0.3 is 5.32 Å². The highest BCUT2D eigenvalue weighted by Crippen LogP contribution is 2.18. The number of rotatable bonds is 3. The number of benzene rings is 1. The van der Waals surface area contributed by atoms with Crippen LogP contribution in [0.5, 0.6) is 0 Å². The third-order valence-electron chi connectivity index (χ3n) is 2.86. The van der Waals surface area contributed by atoms with Crippen LogP contribution in [-0.2, 0) is 6.54 Å². The lowest BCUT2D eigenvalue weighted by molar-refractivity contribution is 0.523. The summed E-state index contributed by atoms with van der Waals surface area (Å²) in [5.74, 6) is -0.158. The van der Waals surface area contributed by atoms with Crippen molar-refractivity contribution in [1.82, 2.24) is 5.32 Å². The van der Waals surface area contributed by atoms with Crippen LogP contribution >= 0.6 is 12.4 Å². The second kappa shape index (κ2) is 6.09. The molecule has 0 radical (unpaired) electrons. The van der Waals surface area contributed by atoms with E-state index < -0.39 is 0 Å². The molecule has 0 saturated heterocycles. The van der Waals surface area contributed by atoms with Gasteiger partial charge in [-0.15, -0.1) is 12.4 Å². The minimum Gasteiger partial charge on any atom is -0.310 e. The molecule has 0 unspecified atom stereocenters. The van der Waals surface area contributed by atoms with Crippen molar-refractivity contribution in [2.75, 3.05) is 0 Å². The van der Waals surface area contributed by atoms with Gasteiger partial charge in [0.1, 0.15) is 5.82 Å². The molecule has 15 heavy (non-hydrogen) atoms. The molecular weight excluding hydrogens is 213 g/mol. The Morgan fingerprint density at radius 3 is 2.33 bits per heavy atom. The van der Waals surface area contributed by atoms with Crippen LogP contribution in [0.4, 0.5) is 4.39 Å². The van der Waals surface area contributed by atoms with Crippen molar-refractivity contribution >= 4 is 12.4 Å². The van der Waals surface area contributed by atoms with E-state index >= 15 is 0 Å². The molecule has 0 amide bonds. The molecule has 1 aromatic carbocycles. The van der Waals surface area contributed by atoms with Crippen LogP contribution in [0.25, 0.3) is 0 Å². The van der Waals surface area contributed by atoms with Gasteiger partial charge in [0.25, 0.3) is 0 Å². The van der Waals surface area contributed by atoms with Crippen molar-refractivity contribution in [3.05, 3.63) is 35.6 Å². The van der Waals surface area contributed by atoms with Gasteiger partial charge in [0.05, 0.1) is 0 Å². The van der Waals surface area contributed by atoms with Gasteiger partial charge in [0.2, 0.25) is 0 Å². The quantitative estimate of drug-likeness (QED) is 0.839. The minimum atomic E-state index is -0.158. The van der Waals surface area contributed by atoms with Gasteiger partial charge in [0.15, 0.2) is 0 Å². The molecule has 0 aromatic heterocycles. The Labute approximate surface area is 96.5 Å². The van der Waals surface area contributed by atoms with Crippen LogP contribution in [0.15, 0.2) is 24.3 Å². The summed E-state index contributed by atoms with van der Waals surface area (Å²) in [6.07, 6.45) is 5.28. The fourth-order valence-corrected chi connectivity index (χ4v) is 1.99. The fourth-order valence-electron chi connectivity index (χ4n) is 1.99. The van der Waals surface area contributed by atoms with E-state index in [1.165, 1.54) is 43.4 Å². The molecule has 0 aliphatic heterocycles. The molecule has 0 spiro atoms. The molecule has 0 atom stereocenters. The van der Waals surface area contributed by atoms with Crippen LogP contribution in [0.2, 0.25) is 0 Å². The van der Waals surface area contributed by atoms with Crippen LogP contribution in [0, 0.1) is 5.82 Å². The smallest absolute Gasteiger partial charge is 0.123 e. The molecule has 1 aliphatic carbocycles. The SMILES string of the molecule is Cl.Fc1ccc(CNC2CCCC2)cc1. The summed E-state index contributed by atoms with van der Waals surface area (Å²) in [4.78, 5) is 0. The summed E-state index contributed by atoms with van der Waals surface area (Å²) >= 11 is 0. The Morgan fingerprint density at radius 2 is 1.73 bits per heavy atom. The standard InChI is InChI=1S/C12H16FN.ClH/c13-11-7-5-10(6-8-11)9-14-12-3-1-2-4-12;/h5-8,12,14H,1-4,9H2;1H. The Kier molecular flexibility index (Phi) is 5.06. The normalized spacial score (nSPS) is 16.3. The van der Waals surface area contributed by atoms with Gasteiger partial charge in [-0.2, -0.15) is 0 Å². The van der Waals surface area contributed by atoms with E-state index in [1.54, 1.807) is 0 Å². The lowest BCUT2D eigenvalue weighted by Gasteiger charge is -2.11. The average molecular weight is 230 g/mol. The number of hydrogen-bond donors (Lipinski definition) is 1. The molecule has 1 nitrogen and oxygen atoms in total. The number of hydrogen-bond acceptors (Lipinski definition) is 1. The fraction of sp³-hybridized carbons (Fsp3) is 0.500. The molecule has 0 heterocycles. The Hall–Kier alpha value is -0.600. The molecule has 0 bridgehead atoms. The molecule has 1 saturated carbocycles. The maximum absolute atomic E-state index is 12.6. The monoisotopic (exact) mass is 229 g/mol. The van der Waals surface area contributed by atoms with Gasteiger partial charge in [-0.05, 0) is 30.5 Å². The zero-order valence-corrected chi connectivity index (χ0v) is 9.52. The largest absolute Gasteiger partial charge is 0.310 e. The molecule has 1 aromatic rings. The molecule has 84 valence electrons. The van der Waals surface area contributed by atoms with Gasteiger partial charge in [-0.1, -0.05) is 25.0 Å². The lowest BCUT2D eigenvalue weighted by atomic mass is 10.2. The van der Waals surface area contributed by atoms with Crippen LogP contribution < -0.4 is 5.32 Å². The molecular formula is C12H17ClFN. The summed E-state index contributed by atoms with van der Waals surface area (Å²) in [5, 5.41) is 3.49. The summed E-state index contributed by atoms with van der Waals surface area (Å²) in [6.45, 7) is 0.866. The molecule has 2 rings (SSSR count). The first-order valence-corrected chi connectivity index (χ1v) is 5.32. The summed E-state index contributed by atoms with van der Waals surface area (Å²) < 4.78 is 12.6. The molecule has 1 fully saturated rings. The zero-order valence-electron chi connectivity index (χ0n) is 8.71. The van der Waals surface area contributed by atoms with Crippen molar-refractivity contribution in [1.29, 1.82) is 0 Å². The molecule has 1 aliphatic rings. The van der Waals surface area contributed by atoms with E-state index in [-0.39, 0.29) is 18.2 Å². The summed E-state index contributed by atoms with van der Waals surface area (Å²) in [5.41, 5.74) is 1.17. The van der Waals surface area contributed by atoms with E-state index in [0.29, 0.717) is 6.04 Å². The first-order valence-electron chi connectivity index (χ1n) is 5.32. The summed E-state index contributed by atoms with van der Waals surface area (Å²) in [7, 11) is 0. The summed E-state index contributed by atoms with van der Waals surface area (Å²) in [6, 6.07) is 7.41. The van der Waals surface area contributed by atoms with Crippen LogP contribution in [0.1, 0.15) is 31.2 Å². The minimum absolute atomic E-state index is 0. The highest BCUT2D eigenvalue weighted by atomic mass is 35.5. The van der Waals surface area contributed by atoms with Crippen molar-refractivity contribution < 1.29 is 4.39 Å². The average Bonchev–Trinajstić information content (AvgIpc) is 2.70. The van der Waals surface area contributed by atoms with Crippen molar-refractivity contribution in [2.45, 2.75) is 38.3 Å². The topological polar surface area (TPSA) is 12.0 Å². The van der Waals surface area contributed by atoms with Crippen LogP contribution in [-0.4, -0.2) is 6.04 Å². The zero-order chi connectivity index (χ0) is 9.80. The Bertz CT molecular complexity index is 280. The maximum Gasteiger partial charge on any atom is 0.123 e. The van der Waals surface area contributed by atoms with E-state index in [2.05, 4.69) is 5.32 Å². The van der Waals surface area contributed by atoms with Gasteiger partial charge in [-0.25, -0.2) is 4.39 Å². The number of halogens is 2. The van der Waals surface area contributed by atoms with Crippen molar-refractivity contribution in [3.8, 4) is 0 Å². The van der Waals surface area contributed by atoms with Gasteiger partial charge in [-0.3, -0.25) is 0 Å². The number of nitrogens with one attached hydrogen (secondary N) is 1. The van der Waals surface area contributed by atoms with E-state index in [9.17, 15) is 4.39 Å². The first kappa shape index (κ1) is 12.5.